The Hall–Kier alpha value is -1.33. The lowest BCUT2D eigenvalue weighted by Gasteiger charge is -2.10. The van der Waals surface area contributed by atoms with Crippen molar-refractivity contribution in [3.63, 3.8) is 0 Å². The molecule has 0 saturated carbocycles. The second-order valence-corrected chi connectivity index (χ2v) is 6.63. The van der Waals surface area contributed by atoms with E-state index in [-0.39, 0.29) is 27.0 Å². The van der Waals surface area contributed by atoms with Crippen LogP contribution in [0.1, 0.15) is 29.6 Å². The molecule has 0 spiro atoms. The number of halogens is 2. The van der Waals surface area contributed by atoms with Crippen LogP contribution in [0.2, 0.25) is 10.0 Å². The standard InChI is InChI=1S/C12H12Cl2N2O4S/c13-9-7-10(14)11(6-8(9)12(17)18)21(19,20)16-5-3-1-2-4-15/h6-7,16H,1-3,5H2,(H,17,18). The summed E-state index contributed by atoms with van der Waals surface area (Å²) in [5.41, 5.74) is -0.342. The minimum absolute atomic E-state index is 0.130. The number of carbonyl (C=O) groups is 1. The van der Waals surface area contributed by atoms with E-state index in [0.29, 0.717) is 19.3 Å². The van der Waals surface area contributed by atoms with Crippen molar-refractivity contribution in [2.75, 3.05) is 6.54 Å². The first-order valence-electron chi connectivity index (χ1n) is 5.88. The summed E-state index contributed by atoms with van der Waals surface area (Å²) >= 11 is 11.5. The minimum Gasteiger partial charge on any atom is -0.478 e. The van der Waals surface area contributed by atoms with E-state index in [1.54, 1.807) is 0 Å². The zero-order valence-corrected chi connectivity index (χ0v) is 13.1. The molecule has 1 aromatic rings. The Kier molecular flexibility index (Phi) is 6.42. The fourth-order valence-corrected chi connectivity index (χ4v) is 3.44. The maximum absolute atomic E-state index is 12.1. The molecule has 6 nitrogen and oxygen atoms in total. The van der Waals surface area contributed by atoms with Crippen LogP contribution in [-0.2, 0) is 10.0 Å². The van der Waals surface area contributed by atoms with Gasteiger partial charge in [0, 0.05) is 13.0 Å². The van der Waals surface area contributed by atoms with Gasteiger partial charge in [-0.15, -0.1) is 0 Å². The predicted molar refractivity (Wildman–Crippen MR) is 78.1 cm³/mol. The lowest BCUT2D eigenvalue weighted by molar-refractivity contribution is 0.0697. The van der Waals surface area contributed by atoms with E-state index < -0.39 is 16.0 Å². The maximum Gasteiger partial charge on any atom is 0.337 e. The molecule has 0 aliphatic carbocycles. The van der Waals surface area contributed by atoms with E-state index in [9.17, 15) is 13.2 Å². The van der Waals surface area contributed by atoms with Gasteiger partial charge in [-0.1, -0.05) is 23.2 Å². The van der Waals surface area contributed by atoms with Gasteiger partial charge >= 0.3 is 5.97 Å². The molecule has 0 radical (unpaired) electrons. The van der Waals surface area contributed by atoms with Gasteiger partial charge < -0.3 is 5.11 Å². The zero-order chi connectivity index (χ0) is 16.0. The molecule has 0 aliphatic heterocycles. The molecule has 0 unspecified atom stereocenters. The predicted octanol–water partition coefficient (Wildman–Crippen LogP) is 2.66. The number of nitriles is 1. The molecule has 114 valence electrons. The average molecular weight is 351 g/mol. The highest BCUT2D eigenvalue weighted by molar-refractivity contribution is 7.89. The van der Waals surface area contributed by atoms with Gasteiger partial charge in [-0.25, -0.2) is 17.9 Å². The van der Waals surface area contributed by atoms with Crippen molar-refractivity contribution in [1.29, 1.82) is 5.26 Å². The van der Waals surface area contributed by atoms with Crippen molar-refractivity contribution in [2.45, 2.75) is 24.2 Å². The van der Waals surface area contributed by atoms with Gasteiger partial charge in [0.2, 0.25) is 10.0 Å². The molecule has 2 N–H and O–H groups in total. The number of unbranched alkanes of at least 4 members (excludes halogenated alkanes) is 2. The van der Waals surface area contributed by atoms with Crippen molar-refractivity contribution >= 4 is 39.2 Å². The molecule has 0 heterocycles. The molecule has 0 saturated heterocycles. The van der Waals surface area contributed by atoms with E-state index in [0.717, 1.165) is 12.1 Å². The van der Waals surface area contributed by atoms with Crippen molar-refractivity contribution in [3.05, 3.63) is 27.7 Å². The van der Waals surface area contributed by atoms with Crippen LogP contribution in [0.3, 0.4) is 0 Å². The molecule has 1 aromatic carbocycles. The Morgan fingerprint density at radius 3 is 2.52 bits per heavy atom. The van der Waals surface area contributed by atoms with Crippen LogP contribution in [0.15, 0.2) is 17.0 Å². The Balaban J connectivity index is 2.95. The number of carboxylic acids is 1. The lowest BCUT2D eigenvalue weighted by atomic mass is 10.2. The van der Waals surface area contributed by atoms with Crippen LogP contribution >= 0.6 is 23.2 Å². The third kappa shape index (κ3) is 4.86. The van der Waals surface area contributed by atoms with Crippen molar-refractivity contribution in [1.82, 2.24) is 4.72 Å². The topological polar surface area (TPSA) is 107 Å². The summed E-state index contributed by atoms with van der Waals surface area (Å²) in [5.74, 6) is -1.35. The number of sulfonamides is 1. The zero-order valence-electron chi connectivity index (χ0n) is 10.8. The second-order valence-electron chi connectivity index (χ2n) is 4.08. The molecule has 0 fully saturated rings. The minimum atomic E-state index is -3.94. The summed E-state index contributed by atoms with van der Waals surface area (Å²) in [6.45, 7) is 0.130. The molecule has 0 atom stereocenters. The van der Waals surface area contributed by atoms with Gasteiger partial charge in [-0.2, -0.15) is 5.26 Å². The Bertz CT molecular complexity index is 683. The Morgan fingerprint density at radius 2 is 1.95 bits per heavy atom. The monoisotopic (exact) mass is 350 g/mol. The molecule has 1 rings (SSSR count). The fourth-order valence-electron chi connectivity index (χ4n) is 1.51. The summed E-state index contributed by atoms with van der Waals surface area (Å²) in [5, 5.41) is 17.0. The molecule has 0 aliphatic rings. The SMILES string of the molecule is N#CCCCCNS(=O)(=O)c1cc(C(=O)O)c(Cl)cc1Cl. The van der Waals surface area contributed by atoms with E-state index >= 15 is 0 Å². The fraction of sp³-hybridized carbons (Fsp3) is 0.333. The van der Waals surface area contributed by atoms with Gasteiger partial charge in [-0.3, -0.25) is 0 Å². The average Bonchev–Trinajstić information content (AvgIpc) is 2.37. The normalized spacial score (nSPS) is 11.1. The summed E-state index contributed by atoms with van der Waals surface area (Å²) in [6.07, 6.45) is 1.39. The lowest BCUT2D eigenvalue weighted by Crippen LogP contribution is -2.25. The third-order valence-corrected chi connectivity index (χ3v) is 4.79. The number of carboxylic acid groups (broad SMARTS) is 1. The summed E-state index contributed by atoms with van der Waals surface area (Å²) < 4.78 is 26.5. The number of nitrogens with zero attached hydrogens (tertiary/aromatic N) is 1. The van der Waals surface area contributed by atoms with E-state index in [2.05, 4.69) is 4.72 Å². The highest BCUT2D eigenvalue weighted by Gasteiger charge is 2.22. The first kappa shape index (κ1) is 17.7. The van der Waals surface area contributed by atoms with Crippen LogP contribution < -0.4 is 4.72 Å². The van der Waals surface area contributed by atoms with Gasteiger partial charge in [-0.05, 0) is 25.0 Å². The highest BCUT2D eigenvalue weighted by Crippen LogP contribution is 2.28. The van der Waals surface area contributed by atoms with E-state index in [4.69, 9.17) is 33.6 Å². The first-order chi connectivity index (χ1) is 9.79. The van der Waals surface area contributed by atoms with Crippen LogP contribution in [-0.4, -0.2) is 26.0 Å². The maximum atomic E-state index is 12.1. The quantitative estimate of drug-likeness (QED) is 0.735. The van der Waals surface area contributed by atoms with Gasteiger partial charge in [0.15, 0.2) is 0 Å². The molecular weight excluding hydrogens is 339 g/mol. The van der Waals surface area contributed by atoms with Gasteiger partial charge in [0.1, 0.15) is 4.90 Å². The van der Waals surface area contributed by atoms with Crippen molar-refractivity contribution in [2.24, 2.45) is 0 Å². The number of rotatable bonds is 7. The third-order valence-electron chi connectivity index (χ3n) is 2.55. The Morgan fingerprint density at radius 1 is 1.29 bits per heavy atom. The van der Waals surface area contributed by atoms with Crippen LogP contribution in [0.5, 0.6) is 0 Å². The van der Waals surface area contributed by atoms with Gasteiger partial charge in [0.25, 0.3) is 0 Å². The van der Waals surface area contributed by atoms with E-state index in [1.165, 1.54) is 0 Å². The van der Waals surface area contributed by atoms with Crippen molar-refractivity contribution < 1.29 is 18.3 Å². The largest absolute Gasteiger partial charge is 0.478 e. The smallest absolute Gasteiger partial charge is 0.337 e. The summed E-state index contributed by atoms with van der Waals surface area (Å²) in [7, 11) is -3.94. The molecule has 21 heavy (non-hydrogen) atoms. The van der Waals surface area contributed by atoms with E-state index in [1.807, 2.05) is 6.07 Å². The van der Waals surface area contributed by atoms with Gasteiger partial charge in [0.05, 0.1) is 21.7 Å². The second kappa shape index (κ2) is 7.61. The molecule has 0 bridgehead atoms. The highest BCUT2D eigenvalue weighted by atomic mass is 35.5. The van der Waals surface area contributed by atoms with Crippen molar-refractivity contribution in [3.8, 4) is 6.07 Å². The molecular formula is C12H12Cl2N2O4S. The van der Waals surface area contributed by atoms with Crippen LogP contribution in [0, 0.1) is 11.3 Å². The molecule has 0 amide bonds. The summed E-state index contributed by atoms with van der Waals surface area (Å²) in [6, 6.07) is 3.96. The number of nitrogens with one attached hydrogen (secondary N) is 1. The molecule has 0 aromatic heterocycles. The Labute approximate surface area is 132 Å². The van der Waals surface area contributed by atoms with Crippen LogP contribution in [0.25, 0.3) is 0 Å². The number of benzene rings is 1. The first-order valence-corrected chi connectivity index (χ1v) is 8.12. The summed E-state index contributed by atoms with van der Waals surface area (Å²) in [4.78, 5) is 10.6. The number of aromatic carboxylic acids is 1. The molecule has 9 heteroatoms. The number of hydrogen-bond acceptors (Lipinski definition) is 4. The number of hydrogen-bond donors (Lipinski definition) is 2. The van der Waals surface area contributed by atoms with Crippen LogP contribution in [0.4, 0.5) is 0 Å².